The molecule has 8 heteroatoms. The Labute approximate surface area is 212 Å². The van der Waals surface area contributed by atoms with Crippen LogP contribution in [0.15, 0.2) is 30.3 Å². The van der Waals surface area contributed by atoms with Gasteiger partial charge in [-0.1, -0.05) is 56.5 Å². The number of unbranched alkanes of at least 4 members (excludes halogenated alkanes) is 3. The number of ether oxygens (including phenoxy) is 8. The average molecular weight is 501 g/mol. The third kappa shape index (κ3) is 24.4. The molecular formula is C27H48O8. The molecule has 0 unspecified atom stereocenters. The molecule has 0 N–H and O–H groups in total. The van der Waals surface area contributed by atoms with Crippen molar-refractivity contribution in [2.24, 2.45) is 0 Å². The van der Waals surface area contributed by atoms with Crippen LogP contribution in [0.2, 0.25) is 0 Å². The second-order valence-corrected chi connectivity index (χ2v) is 7.89. The first-order valence-corrected chi connectivity index (χ1v) is 13.1. The molecule has 0 aromatic heterocycles. The van der Waals surface area contributed by atoms with Crippen LogP contribution in [0.1, 0.15) is 38.2 Å². The average Bonchev–Trinajstić information content (AvgIpc) is 2.89. The molecule has 0 aliphatic rings. The van der Waals surface area contributed by atoms with Crippen molar-refractivity contribution >= 4 is 0 Å². The summed E-state index contributed by atoms with van der Waals surface area (Å²) in [6.45, 7) is 11.6. The summed E-state index contributed by atoms with van der Waals surface area (Å²) in [5, 5.41) is 0. The molecule has 1 aromatic carbocycles. The molecule has 0 aliphatic heterocycles. The lowest BCUT2D eigenvalue weighted by atomic mass is 10.2. The van der Waals surface area contributed by atoms with Crippen molar-refractivity contribution in [3.63, 3.8) is 0 Å². The van der Waals surface area contributed by atoms with Gasteiger partial charge in [-0.15, -0.1) is 0 Å². The van der Waals surface area contributed by atoms with Crippen LogP contribution in [0.25, 0.3) is 0 Å². The van der Waals surface area contributed by atoms with Crippen molar-refractivity contribution in [1.29, 1.82) is 0 Å². The number of rotatable bonds is 28. The first-order valence-electron chi connectivity index (χ1n) is 13.1. The van der Waals surface area contributed by atoms with Crippen LogP contribution in [-0.2, 0) is 44.5 Å². The van der Waals surface area contributed by atoms with Crippen molar-refractivity contribution in [3.05, 3.63) is 35.9 Å². The molecular weight excluding hydrogens is 452 g/mol. The molecule has 0 radical (unpaired) electrons. The SMILES string of the molecule is CCCCCCOCCOCCOCCOCCOCCOCCOCCOCc1ccccc1. The zero-order chi connectivity index (χ0) is 24.9. The van der Waals surface area contributed by atoms with Crippen molar-refractivity contribution in [2.75, 3.05) is 99.1 Å². The van der Waals surface area contributed by atoms with Crippen molar-refractivity contribution in [2.45, 2.75) is 39.2 Å². The van der Waals surface area contributed by atoms with Crippen molar-refractivity contribution < 1.29 is 37.9 Å². The van der Waals surface area contributed by atoms with E-state index in [1.165, 1.54) is 24.8 Å². The predicted octanol–water partition coefficient (Wildman–Crippen LogP) is 3.90. The van der Waals surface area contributed by atoms with Crippen LogP contribution < -0.4 is 0 Å². The van der Waals surface area contributed by atoms with Gasteiger partial charge in [0.2, 0.25) is 0 Å². The highest BCUT2D eigenvalue weighted by Crippen LogP contribution is 2.00. The van der Waals surface area contributed by atoms with Gasteiger partial charge in [-0.25, -0.2) is 0 Å². The fraction of sp³-hybridized carbons (Fsp3) is 0.778. The normalized spacial score (nSPS) is 11.3. The van der Waals surface area contributed by atoms with Crippen LogP contribution in [0, 0.1) is 0 Å². The summed E-state index contributed by atoms with van der Waals surface area (Å²) < 4.78 is 43.9. The van der Waals surface area contributed by atoms with Gasteiger partial charge in [-0.2, -0.15) is 0 Å². The summed E-state index contributed by atoms with van der Waals surface area (Å²) in [5.74, 6) is 0. The zero-order valence-electron chi connectivity index (χ0n) is 21.8. The summed E-state index contributed by atoms with van der Waals surface area (Å²) in [5.41, 5.74) is 1.17. The van der Waals surface area contributed by atoms with Gasteiger partial charge in [-0.05, 0) is 12.0 Å². The molecule has 0 fully saturated rings. The maximum absolute atomic E-state index is 5.56. The van der Waals surface area contributed by atoms with Crippen molar-refractivity contribution in [1.82, 2.24) is 0 Å². The largest absolute Gasteiger partial charge is 0.379 e. The van der Waals surface area contributed by atoms with Gasteiger partial charge in [-0.3, -0.25) is 0 Å². The Kier molecular flexibility index (Phi) is 25.1. The van der Waals surface area contributed by atoms with E-state index in [-0.39, 0.29) is 0 Å². The molecule has 0 heterocycles. The lowest BCUT2D eigenvalue weighted by Gasteiger charge is -2.08. The van der Waals surface area contributed by atoms with Gasteiger partial charge < -0.3 is 37.9 Å². The van der Waals surface area contributed by atoms with Crippen LogP contribution in [0.3, 0.4) is 0 Å². The molecule has 8 nitrogen and oxygen atoms in total. The lowest BCUT2D eigenvalue weighted by molar-refractivity contribution is -0.0236. The molecule has 0 atom stereocenters. The summed E-state index contributed by atoms with van der Waals surface area (Å²) in [6.07, 6.45) is 4.92. The van der Waals surface area contributed by atoms with E-state index in [1.54, 1.807) is 0 Å². The Morgan fingerprint density at radius 3 is 1.17 bits per heavy atom. The Hall–Kier alpha value is -1.10. The smallest absolute Gasteiger partial charge is 0.0718 e. The maximum Gasteiger partial charge on any atom is 0.0718 e. The lowest BCUT2D eigenvalue weighted by Crippen LogP contribution is -2.15. The highest BCUT2D eigenvalue weighted by atomic mass is 16.6. The standard InChI is InChI=1S/C27H48O8/c1-2-3-4-8-11-28-12-13-29-14-15-30-16-17-31-18-19-32-20-21-33-22-23-34-24-25-35-26-27-9-6-5-7-10-27/h5-7,9-10H,2-4,8,11-26H2,1H3. The highest BCUT2D eigenvalue weighted by molar-refractivity contribution is 5.13. The van der Waals surface area contributed by atoms with E-state index in [4.69, 9.17) is 37.9 Å². The number of hydrogen-bond donors (Lipinski definition) is 0. The molecule has 0 saturated carbocycles. The van der Waals surface area contributed by atoms with Crippen molar-refractivity contribution in [3.8, 4) is 0 Å². The fourth-order valence-corrected chi connectivity index (χ4v) is 2.93. The third-order valence-corrected chi connectivity index (χ3v) is 4.86. The maximum atomic E-state index is 5.56. The number of hydrogen-bond acceptors (Lipinski definition) is 8. The zero-order valence-corrected chi connectivity index (χ0v) is 21.8. The van der Waals surface area contributed by atoms with E-state index in [2.05, 4.69) is 6.92 Å². The molecule has 0 saturated heterocycles. The molecule has 204 valence electrons. The van der Waals surface area contributed by atoms with Crippen LogP contribution in [-0.4, -0.2) is 99.1 Å². The first kappa shape index (κ1) is 31.9. The van der Waals surface area contributed by atoms with Gasteiger partial charge in [0.15, 0.2) is 0 Å². The fourth-order valence-electron chi connectivity index (χ4n) is 2.93. The first-order chi connectivity index (χ1) is 17.4. The Morgan fingerprint density at radius 1 is 0.400 bits per heavy atom. The molecule has 35 heavy (non-hydrogen) atoms. The minimum absolute atomic E-state index is 0.542. The number of benzene rings is 1. The predicted molar refractivity (Wildman–Crippen MR) is 136 cm³/mol. The molecule has 0 aliphatic carbocycles. The van der Waals surface area contributed by atoms with E-state index < -0.39 is 0 Å². The van der Waals surface area contributed by atoms with E-state index in [0.717, 1.165) is 13.0 Å². The van der Waals surface area contributed by atoms with E-state index in [1.807, 2.05) is 30.3 Å². The quantitative estimate of drug-likeness (QED) is 0.160. The second kappa shape index (κ2) is 27.5. The summed E-state index contributed by atoms with van der Waals surface area (Å²) >= 11 is 0. The van der Waals surface area contributed by atoms with Crippen LogP contribution in [0.4, 0.5) is 0 Å². The summed E-state index contributed by atoms with van der Waals surface area (Å²) in [4.78, 5) is 0. The van der Waals surface area contributed by atoms with Gasteiger partial charge in [0.05, 0.1) is 99.1 Å². The second-order valence-electron chi connectivity index (χ2n) is 7.89. The summed E-state index contributed by atoms with van der Waals surface area (Å²) in [7, 11) is 0. The Bertz CT molecular complexity index is 517. The molecule has 1 rings (SSSR count). The third-order valence-electron chi connectivity index (χ3n) is 4.86. The van der Waals surface area contributed by atoms with Crippen LogP contribution >= 0.6 is 0 Å². The molecule has 1 aromatic rings. The minimum Gasteiger partial charge on any atom is -0.379 e. The minimum atomic E-state index is 0.542. The van der Waals surface area contributed by atoms with E-state index >= 15 is 0 Å². The topological polar surface area (TPSA) is 73.8 Å². The van der Waals surface area contributed by atoms with E-state index in [0.29, 0.717) is 99.1 Å². The highest BCUT2D eigenvalue weighted by Gasteiger charge is 1.96. The summed E-state index contributed by atoms with van der Waals surface area (Å²) in [6, 6.07) is 10.1. The van der Waals surface area contributed by atoms with Gasteiger partial charge >= 0.3 is 0 Å². The van der Waals surface area contributed by atoms with Gasteiger partial charge in [0.25, 0.3) is 0 Å². The molecule has 0 bridgehead atoms. The van der Waals surface area contributed by atoms with Gasteiger partial charge in [0.1, 0.15) is 0 Å². The Morgan fingerprint density at radius 2 is 0.771 bits per heavy atom. The van der Waals surface area contributed by atoms with Crippen LogP contribution in [0.5, 0.6) is 0 Å². The van der Waals surface area contributed by atoms with E-state index in [9.17, 15) is 0 Å². The van der Waals surface area contributed by atoms with Gasteiger partial charge in [0, 0.05) is 6.61 Å². The molecule has 0 spiro atoms. The monoisotopic (exact) mass is 500 g/mol. The molecule has 0 amide bonds. The Balaban J connectivity index is 1.63.